The molecule has 0 saturated heterocycles. The van der Waals surface area contributed by atoms with E-state index in [0.717, 1.165) is 62.6 Å². The first-order chi connectivity index (χ1) is 17.6. The molecule has 1 aromatic heterocycles. The fraction of sp³-hybridized carbons (Fsp3) is 0.500. The topological polar surface area (TPSA) is 82.2 Å². The third-order valence-corrected chi connectivity index (χ3v) is 8.40. The standard InChI is InChI=1S/C30H35ClN4O2/c1-19(36)34(18-22-13-23-7-4-21(16-32)12-24(23)14-22)26-9-5-20(6-10-26)17-35-28-11-8-25(31)15-27(28)33-29(35)30(2,3)37/h4,7-8,11-12,15,20,22,26,37H,5-6,9-10,13-14,17-18H2,1-3H3/t20?,22-,26?/m0/s1. The number of fused-ring (bicyclic) bond motifs is 2. The van der Waals surface area contributed by atoms with E-state index in [2.05, 4.69) is 21.6 Å². The minimum atomic E-state index is -1.05. The molecule has 0 aliphatic heterocycles. The number of aliphatic hydroxyl groups is 1. The average Bonchev–Trinajstić information content (AvgIpc) is 3.43. The van der Waals surface area contributed by atoms with E-state index in [1.54, 1.807) is 20.8 Å². The minimum absolute atomic E-state index is 0.152. The van der Waals surface area contributed by atoms with Crippen LogP contribution in [-0.4, -0.2) is 38.1 Å². The largest absolute Gasteiger partial charge is 0.383 e. The van der Waals surface area contributed by atoms with Crippen LogP contribution in [0.25, 0.3) is 11.0 Å². The van der Waals surface area contributed by atoms with Gasteiger partial charge in [0, 0.05) is 31.1 Å². The highest BCUT2D eigenvalue weighted by atomic mass is 35.5. The molecular formula is C30H35ClN4O2. The number of imidazole rings is 1. The van der Waals surface area contributed by atoms with Crippen molar-refractivity contribution >= 4 is 28.5 Å². The molecule has 6 nitrogen and oxygen atoms in total. The van der Waals surface area contributed by atoms with Gasteiger partial charge in [0.1, 0.15) is 11.4 Å². The lowest BCUT2D eigenvalue weighted by Gasteiger charge is -2.38. The Balaban J connectivity index is 1.25. The Bertz CT molecular complexity index is 1360. The Hall–Kier alpha value is -2.88. The number of benzene rings is 2. The highest BCUT2D eigenvalue weighted by Gasteiger charge is 2.33. The summed E-state index contributed by atoms with van der Waals surface area (Å²) in [5, 5.41) is 20.7. The zero-order valence-corrected chi connectivity index (χ0v) is 22.6. The van der Waals surface area contributed by atoms with Crippen LogP contribution in [0.4, 0.5) is 0 Å². The summed E-state index contributed by atoms with van der Waals surface area (Å²) in [4.78, 5) is 19.5. The Morgan fingerprint density at radius 1 is 1.14 bits per heavy atom. The summed E-state index contributed by atoms with van der Waals surface area (Å²) in [5.41, 5.74) is 4.03. The van der Waals surface area contributed by atoms with Gasteiger partial charge in [0.15, 0.2) is 0 Å². The van der Waals surface area contributed by atoms with E-state index in [9.17, 15) is 15.2 Å². The number of carbonyl (C=O) groups excluding carboxylic acids is 1. The Kier molecular flexibility index (Phi) is 7.04. The van der Waals surface area contributed by atoms with Crippen molar-refractivity contribution in [2.45, 2.75) is 77.5 Å². The molecule has 1 heterocycles. The second-order valence-corrected chi connectivity index (χ2v) is 11.9. The smallest absolute Gasteiger partial charge is 0.219 e. The Labute approximate surface area is 223 Å². The first-order valence-corrected chi connectivity index (χ1v) is 13.7. The zero-order chi connectivity index (χ0) is 26.3. The first kappa shape index (κ1) is 25.8. The first-order valence-electron chi connectivity index (χ1n) is 13.3. The fourth-order valence-corrected chi connectivity index (χ4v) is 6.54. The predicted octanol–water partition coefficient (Wildman–Crippen LogP) is 5.61. The van der Waals surface area contributed by atoms with E-state index in [-0.39, 0.29) is 11.9 Å². The van der Waals surface area contributed by atoms with Crippen LogP contribution in [0.3, 0.4) is 0 Å². The highest BCUT2D eigenvalue weighted by Crippen LogP contribution is 2.35. The molecule has 1 fully saturated rings. The number of hydrogen-bond acceptors (Lipinski definition) is 4. The molecule has 1 N–H and O–H groups in total. The van der Waals surface area contributed by atoms with E-state index in [1.807, 2.05) is 30.3 Å². The molecule has 2 aliphatic carbocycles. The minimum Gasteiger partial charge on any atom is -0.383 e. The van der Waals surface area contributed by atoms with E-state index >= 15 is 0 Å². The van der Waals surface area contributed by atoms with Crippen molar-refractivity contribution in [2.24, 2.45) is 11.8 Å². The maximum absolute atomic E-state index is 12.7. The Morgan fingerprint density at radius 3 is 2.54 bits per heavy atom. The van der Waals surface area contributed by atoms with Gasteiger partial charge in [-0.25, -0.2) is 4.98 Å². The molecule has 0 radical (unpaired) electrons. The third-order valence-electron chi connectivity index (χ3n) is 8.17. The maximum atomic E-state index is 12.7. The molecule has 0 unspecified atom stereocenters. The van der Waals surface area contributed by atoms with Crippen LogP contribution in [0.2, 0.25) is 5.02 Å². The molecule has 2 aliphatic rings. The number of rotatable bonds is 6. The van der Waals surface area contributed by atoms with Crippen LogP contribution in [0.1, 0.15) is 69.0 Å². The summed E-state index contributed by atoms with van der Waals surface area (Å²) >= 11 is 6.20. The van der Waals surface area contributed by atoms with Gasteiger partial charge in [-0.05, 0) is 106 Å². The van der Waals surface area contributed by atoms with Gasteiger partial charge >= 0.3 is 0 Å². The third kappa shape index (κ3) is 5.39. The zero-order valence-electron chi connectivity index (χ0n) is 21.9. The number of carbonyl (C=O) groups is 1. The summed E-state index contributed by atoms with van der Waals surface area (Å²) in [5.74, 6) is 1.68. The van der Waals surface area contributed by atoms with E-state index in [4.69, 9.17) is 16.6 Å². The fourth-order valence-electron chi connectivity index (χ4n) is 6.37. The highest BCUT2D eigenvalue weighted by molar-refractivity contribution is 6.31. The van der Waals surface area contributed by atoms with Gasteiger partial charge in [-0.3, -0.25) is 4.79 Å². The molecule has 7 heteroatoms. The van der Waals surface area contributed by atoms with Crippen LogP contribution in [0, 0.1) is 23.2 Å². The molecular weight excluding hydrogens is 484 g/mol. The molecule has 1 amide bonds. The van der Waals surface area contributed by atoms with Gasteiger partial charge in [0.25, 0.3) is 0 Å². The SMILES string of the molecule is CC(=O)N(C[C@H]1Cc2ccc(C#N)cc2C1)C1CCC(Cn2c(C(C)(C)O)nc3cc(Cl)ccc32)CC1. The predicted molar refractivity (Wildman–Crippen MR) is 145 cm³/mol. The van der Waals surface area contributed by atoms with Crippen molar-refractivity contribution in [1.29, 1.82) is 5.26 Å². The molecule has 3 aromatic rings. The van der Waals surface area contributed by atoms with E-state index in [0.29, 0.717) is 28.2 Å². The summed E-state index contributed by atoms with van der Waals surface area (Å²) in [7, 11) is 0. The lowest BCUT2D eigenvalue weighted by atomic mass is 9.84. The lowest BCUT2D eigenvalue weighted by Crippen LogP contribution is -2.44. The average molecular weight is 519 g/mol. The number of nitriles is 1. The second kappa shape index (κ2) is 10.1. The van der Waals surface area contributed by atoms with Gasteiger partial charge in [-0.1, -0.05) is 17.7 Å². The van der Waals surface area contributed by atoms with E-state index < -0.39 is 5.60 Å². The number of halogens is 1. The van der Waals surface area contributed by atoms with Crippen molar-refractivity contribution < 1.29 is 9.90 Å². The van der Waals surface area contributed by atoms with Crippen molar-refractivity contribution in [3.05, 3.63) is 63.9 Å². The van der Waals surface area contributed by atoms with Crippen LogP contribution in [0.15, 0.2) is 36.4 Å². The molecule has 2 aromatic carbocycles. The molecule has 0 bridgehead atoms. The Morgan fingerprint density at radius 2 is 1.86 bits per heavy atom. The summed E-state index contributed by atoms with van der Waals surface area (Å²) in [6.07, 6.45) is 5.93. The van der Waals surface area contributed by atoms with E-state index in [1.165, 1.54) is 11.1 Å². The van der Waals surface area contributed by atoms with Crippen LogP contribution >= 0.6 is 11.6 Å². The van der Waals surface area contributed by atoms with Gasteiger partial charge < -0.3 is 14.6 Å². The monoisotopic (exact) mass is 518 g/mol. The number of aromatic nitrogens is 2. The van der Waals surface area contributed by atoms with Crippen LogP contribution in [0.5, 0.6) is 0 Å². The second-order valence-electron chi connectivity index (χ2n) is 11.5. The lowest BCUT2D eigenvalue weighted by molar-refractivity contribution is -0.132. The number of hydrogen-bond donors (Lipinski definition) is 1. The van der Waals surface area contributed by atoms with Gasteiger partial charge in [0.2, 0.25) is 5.91 Å². The molecule has 5 rings (SSSR count). The van der Waals surface area contributed by atoms with Crippen molar-refractivity contribution in [1.82, 2.24) is 14.5 Å². The molecule has 37 heavy (non-hydrogen) atoms. The molecule has 0 spiro atoms. The van der Waals surface area contributed by atoms with Crippen LogP contribution < -0.4 is 0 Å². The molecule has 1 saturated carbocycles. The normalized spacial score (nSPS) is 21.6. The summed E-state index contributed by atoms with van der Waals surface area (Å²) in [6.45, 7) is 6.81. The van der Waals surface area contributed by atoms with Gasteiger partial charge in [-0.15, -0.1) is 0 Å². The van der Waals surface area contributed by atoms with Gasteiger partial charge in [-0.2, -0.15) is 5.26 Å². The van der Waals surface area contributed by atoms with Gasteiger partial charge in [0.05, 0.1) is 22.7 Å². The molecule has 194 valence electrons. The number of nitrogens with zero attached hydrogens (tertiary/aromatic N) is 4. The van der Waals surface area contributed by atoms with Crippen molar-refractivity contribution in [3.8, 4) is 6.07 Å². The molecule has 1 atom stereocenters. The quantitative estimate of drug-likeness (QED) is 0.459. The summed E-state index contributed by atoms with van der Waals surface area (Å²) < 4.78 is 2.16. The number of amides is 1. The van der Waals surface area contributed by atoms with Crippen molar-refractivity contribution in [3.63, 3.8) is 0 Å². The van der Waals surface area contributed by atoms with Crippen molar-refractivity contribution in [2.75, 3.05) is 6.54 Å². The summed E-state index contributed by atoms with van der Waals surface area (Å²) in [6, 6.07) is 14.2. The van der Waals surface area contributed by atoms with Crippen LogP contribution in [-0.2, 0) is 29.8 Å². The maximum Gasteiger partial charge on any atom is 0.219 e.